The number of rotatable bonds is 53. The van der Waals surface area contributed by atoms with Crippen LogP contribution in [0.15, 0.2) is 48.6 Å². The van der Waals surface area contributed by atoms with Crippen molar-refractivity contribution in [3.05, 3.63) is 48.6 Å². The Balaban J connectivity index is 4.36. The summed E-state index contributed by atoms with van der Waals surface area (Å²) in [6, 6.07) is 0. The maximum absolute atomic E-state index is 12.8. The van der Waals surface area contributed by atoms with Gasteiger partial charge < -0.3 is 14.2 Å². The van der Waals surface area contributed by atoms with E-state index in [1.807, 2.05) is 0 Å². The molecule has 0 saturated heterocycles. The van der Waals surface area contributed by atoms with E-state index in [-0.39, 0.29) is 31.1 Å². The maximum Gasteiger partial charge on any atom is 0.306 e. The Morgan fingerprint density at radius 1 is 0.299 bits per heavy atom. The Morgan fingerprint density at radius 3 is 0.851 bits per heavy atom. The summed E-state index contributed by atoms with van der Waals surface area (Å²) in [5.74, 6) is -0.886. The predicted molar refractivity (Wildman–Crippen MR) is 289 cm³/mol. The first-order chi connectivity index (χ1) is 33.0. The molecule has 0 N–H and O–H groups in total. The van der Waals surface area contributed by atoms with Crippen LogP contribution in [0.4, 0.5) is 0 Å². The minimum atomic E-state index is -0.780. The molecule has 390 valence electrons. The zero-order chi connectivity index (χ0) is 48.6. The Labute approximate surface area is 416 Å². The van der Waals surface area contributed by atoms with Crippen LogP contribution in [0.25, 0.3) is 0 Å². The van der Waals surface area contributed by atoms with Crippen molar-refractivity contribution in [3.63, 3.8) is 0 Å². The highest BCUT2D eigenvalue weighted by Crippen LogP contribution is 2.16. The summed E-state index contributed by atoms with van der Waals surface area (Å²) in [7, 11) is 0. The molecular formula is C61H110O6. The monoisotopic (exact) mass is 939 g/mol. The highest BCUT2D eigenvalue weighted by atomic mass is 16.6. The van der Waals surface area contributed by atoms with Crippen LogP contribution in [-0.2, 0) is 28.6 Å². The van der Waals surface area contributed by atoms with Crippen LogP contribution < -0.4 is 0 Å². The molecule has 0 aromatic carbocycles. The number of hydrogen-bond acceptors (Lipinski definition) is 6. The summed E-state index contributed by atoms with van der Waals surface area (Å²) >= 11 is 0. The highest BCUT2D eigenvalue weighted by molar-refractivity contribution is 5.71. The molecule has 0 aromatic heterocycles. The fourth-order valence-corrected chi connectivity index (χ4v) is 8.39. The quantitative estimate of drug-likeness (QED) is 0.0262. The van der Waals surface area contributed by atoms with Crippen LogP contribution in [0.5, 0.6) is 0 Å². The molecule has 0 amide bonds. The Morgan fingerprint density at radius 2 is 0.537 bits per heavy atom. The SMILES string of the molecule is CCCCCCC/C=C\C/C=C\C/C=C\CCCCCCCCC(=O)OCC(COC(=O)CCCCCCCCCCCCCCC)OC(=O)CCCCCCC/C=C\CCCCCCCC. The Hall–Kier alpha value is -2.63. The molecule has 1 atom stereocenters. The molecule has 67 heavy (non-hydrogen) atoms. The van der Waals surface area contributed by atoms with E-state index in [2.05, 4.69) is 69.4 Å². The van der Waals surface area contributed by atoms with Crippen molar-refractivity contribution in [2.75, 3.05) is 13.2 Å². The van der Waals surface area contributed by atoms with E-state index in [0.717, 1.165) is 89.9 Å². The Kier molecular flexibility index (Phi) is 53.8. The van der Waals surface area contributed by atoms with Gasteiger partial charge in [-0.2, -0.15) is 0 Å². The number of carbonyl (C=O) groups excluding carboxylic acids is 3. The van der Waals surface area contributed by atoms with Crippen molar-refractivity contribution >= 4 is 17.9 Å². The van der Waals surface area contributed by atoms with Gasteiger partial charge in [0.1, 0.15) is 13.2 Å². The fraction of sp³-hybridized carbons (Fsp3) is 0.820. The molecule has 0 bridgehead atoms. The highest BCUT2D eigenvalue weighted by Gasteiger charge is 2.19. The number of carbonyl (C=O) groups is 3. The first-order valence-electron chi connectivity index (χ1n) is 29.1. The molecule has 0 saturated carbocycles. The third-order valence-electron chi connectivity index (χ3n) is 12.8. The van der Waals surface area contributed by atoms with E-state index in [4.69, 9.17) is 14.2 Å². The fourth-order valence-electron chi connectivity index (χ4n) is 8.39. The van der Waals surface area contributed by atoms with Crippen LogP contribution in [0, 0.1) is 0 Å². The van der Waals surface area contributed by atoms with Gasteiger partial charge >= 0.3 is 17.9 Å². The third-order valence-corrected chi connectivity index (χ3v) is 12.8. The molecule has 0 aliphatic heterocycles. The molecule has 0 fully saturated rings. The number of esters is 3. The van der Waals surface area contributed by atoms with Crippen LogP contribution in [-0.4, -0.2) is 37.2 Å². The molecule has 0 heterocycles. The third kappa shape index (κ3) is 54.2. The van der Waals surface area contributed by atoms with Gasteiger partial charge in [-0.05, 0) is 83.5 Å². The lowest BCUT2D eigenvalue weighted by Gasteiger charge is -2.18. The average Bonchev–Trinajstić information content (AvgIpc) is 3.33. The number of hydrogen-bond donors (Lipinski definition) is 0. The van der Waals surface area contributed by atoms with E-state index in [9.17, 15) is 14.4 Å². The second-order valence-electron chi connectivity index (χ2n) is 19.6. The van der Waals surface area contributed by atoms with E-state index >= 15 is 0 Å². The van der Waals surface area contributed by atoms with Gasteiger partial charge in [0.15, 0.2) is 6.10 Å². The van der Waals surface area contributed by atoms with E-state index in [1.165, 1.54) is 173 Å². The van der Waals surface area contributed by atoms with Crippen LogP contribution in [0.2, 0.25) is 0 Å². The summed E-state index contributed by atoms with van der Waals surface area (Å²) in [4.78, 5) is 38.1. The zero-order valence-electron chi connectivity index (χ0n) is 44.7. The predicted octanol–water partition coefficient (Wildman–Crippen LogP) is 19.4. The van der Waals surface area contributed by atoms with Crippen LogP contribution in [0.3, 0.4) is 0 Å². The van der Waals surface area contributed by atoms with Crippen LogP contribution >= 0.6 is 0 Å². The second kappa shape index (κ2) is 56.0. The Bertz CT molecular complexity index is 1170. The molecule has 6 nitrogen and oxygen atoms in total. The van der Waals surface area contributed by atoms with Gasteiger partial charge in [0, 0.05) is 19.3 Å². The van der Waals surface area contributed by atoms with Crippen molar-refractivity contribution in [1.82, 2.24) is 0 Å². The van der Waals surface area contributed by atoms with Gasteiger partial charge in [-0.15, -0.1) is 0 Å². The summed E-state index contributed by atoms with van der Waals surface area (Å²) in [6.07, 6.45) is 68.1. The summed E-state index contributed by atoms with van der Waals surface area (Å²) in [5.41, 5.74) is 0. The first-order valence-corrected chi connectivity index (χ1v) is 29.1. The van der Waals surface area contributed by atoms with Crippen molar-refractivity contribution in [2.24, 2.45) is 0 Å². The molecule has 0 radical (unpaired) electrons. The van der Waals surface area contributed by atoms with Gasteiger partial charge in [0.25, 0.3) is 0 Å². The van der Waals surface area contributed by atoms with E-state index in [0.29, 0.717) is 19.3 Å². The van der Waals surface area contributed by atoms with Gasteiger partial charge in [0.2, 0.25) is 0 Å². The summed E-state index contributed by atoms with van der Waals surface area (Å²) in [6.45, 7) is 6.63. The van der Waals surface area contributed by atoms with Gasteiger partial charge in [0.05, 0.1) is 0 Å². The minimum Gasteiger partial charge on any atom is -0.462 e. The number of unbranched alkanes of at least 4 members (excludes halogenated alkanes) is 34. The van der Waals surface area contributed by atoms with Gasteiger partial charge in [-0.1, -0.05) is 249 Å². The molecule has 6 heteroatoms. The molecular weight excluding hydrogens is 829 g/mol. The first kappa shape index (κ1) is 64.4. The van der Waals surface area contributed by atoms with E-state index < -0.39 is 6.10 Å². The molecule has 0 rings (SSSR count). The second-order valence-corrected chi connectivity index (χ2v) is 19.6. The maximum atomic E-state index is 12.8. The average molecular weight is 940 g/mol. The standard InChI is InChI=1S/C61H110O6/c1-4-7-10-13-16-19-22-25-27-28-29-30-31-32-34-36-39-42-45-48-51-54-60(63)66-57-58(56-65-59(62)53-50-47-44-41-38-35-24-21-18-15-12-9-6-3)67-61(64)55-52-49-46-43-40-37-33-26-23-20-17-14-11-8-5-2/h22,25-26,28-29,31-33,58H,4-21,23-24,27,30,34-57H2,1-3H3/b25-22-,29-28-,32-31-,33-26-. The topological polar surface area (TPSA) is 78.9 Å². The lowest BCUT2D eigenvalue weighted by molar-refractivity contribution is -0.167. The lowest BCUT2D eigenvalue weighted by Crippen LogP contribution is -2.30. The smallest absolute Gasteiger partial charge is 0.306 e. The molecule has 0 spiro atoms. The molecule has 0 aliphatic rings. The van der Waals surface area contributed by atoms with Gasteiger partial charge in [-0.3, -0.25) is 14.4 Å². The number of allylic oxidation sites excluding steroid dienone is 8. The van der Waals surface area contributed by atoms with Crippen molar-refractivity contribution < 1.29 is 28.6 Å². The zero-order valence-corrected chi connectivity index (χ0v) is 44.7. The van der Waals surface area contributed by atoms with Crippen molar-refractivity contribution in [3.8, 4) is 0 Å². The minimum absolute atomic E-state index is 0.0779. The van der Waals surface area contributed by atoms with E-state index in [1.54, 1.807) is 0 Å². The van der Waals surface area contributed by atoms with Gasteiger partial charge in [-0.25, -0.2) is 0 Å². The molecule has 1 unspecified atom stereocenters. The molecule has 0 aliphatic carbocycles. The largest absolute Gasteiger partial charge is 0.462 e. The summed E-state index contributed by atoms with van der Waals surface area (Å²) in [5, 5.41) is 0. The van der Waals surface area contributed by atoms with Crippen molar-refractivity contribution in [1.29, 1.82) is 0 Å². The normalized spacial score (nSPS) is 12.3. The van der Waals surface area contributed by atoms with Crippen LogP contribution in [0.1, 0.15) is 303 Å². The lowest BCUT2D eigenvalue weighted by atomic mass is 10.0. The number of ether oxygens (including phenoxy) is 3. The summed E-state index contributed by atoms with van der Waals surface area (Å²) < 4.78 is 16.9. The van der Waals surface area contributed by atoms with Crippen molar-refractivity contribution in [2.45, 2.75) is 309 Å². The molecule has 0 aromatic rings.